The number of halogens is 1. The quantitative estimate of drug-likeness (QED) is 0.510. The highest BCUT2D eigenvalue weighted by Crippen LogP contribution is 2.34. The minimum atomic E-state index is -4.01. The Balaban J connectivity index is 2.59. The summed E-state index contributed by atoms with van der Waals surface area (Å²) in [5.41, 5.74) is 1.41. The van der Waals surface area contributed by atoms with Crippen molar-refractivity contribution in [3.05, 3.63) is 27.1 Å². The van der Waals surface area contributed by atoms with Gasteiger partial charge in [0.25, 0.3) is 10.0 Å². The Morgan fingerprint density at radius 3 is 2.83 bits per heavy atom. The summed E-state index contributed by atoms with van der Waals surface area (Å²) in [6, 6.07) is 2.98. The lowest BCUT2D eigenvalue weighted by Crippen LogP contribution is -2.18. The molecule has 0 saturated heterocycles. The van der Waals surface area contributed by atoms with Gasteiger partial charge in [-0.25, -0.2) is 0 Å². The second-order valence-corrected chi connectivity index (χ2v) is 6.08. The molecule has 1 aliphatic heterocycles. The number of nitriles is 1. The predicted molar refractivity (Wildman–Crippen MR) is 66.9 cm³/mol. The van der Waals surface area contributed by atoms with E-state index < -0.39 is 10.0 Å². The summed E-state index contributed by atoms with van der Waals surface area (Å²) < 4.78 is 23.8. The molecule has 0 unspecified atom stereocenters. The minimum Gasteiger partial charge on any atom is -0.279 e. The van der Waals surface area contributed by atoms with Crippen LogP contribution in [-0.2, 0) is 16.4 Å². The van der Waals surface area contributed by atoms with Gasteiger partial charge in [0, 0.05) is 11.0 Å². The fourth-order valence-electron chi connectivity index (χ4n) is 1.80. The number of rotatable bonds is 3. The van der Waals surface area contributed by atoms with Crippen LogP contribution in [0, 0.1) is 16.4 Å². The van der Waals surface area contributed by atoms with E-state index in [1.807, 2.05) is 6.19 Å². The van der Waals surface area contributed by atoms with E-state index in [-0.39, 0.29) is 4.90 Å². The van der Waals surface area contributed by atoms with E-state index in [4.69, 9.17) is 5.26 Å². The molecule has 7 nitrogen and oxygen atoms in total. The first-order valence-electron chi connectivity index (χ1n) is 4.83. The molecule has 0 fully saturated rings. The van der Waals surface area contributed by atoms with Crippen molar-refractivity contribution in [3.63, 3.8) is 0 Å². The van der Waals surface area contributed by atoms with Crippen molar-refractivity contribution in [2.24, 2.45) is 5.29 Å². The third kappa shape index (κ3) is 2.04. The second kappa shape index (κ2) is 4.55. The number of benzene rings is 1. The molecule has 0 bridgehead atoms. The van der Waals surface area contributed by atoms with Crippen LogP contribution in [0.5, 0.6) is 0 Å². The molecule has 1 aliphatic rings. The molecule has 0 spiro atoms. The zero-order valence-corrected chi connectivity index (χ0v) is 11.3. The molecule has 0 aliphatic carbocycles. The maximum atomic E-state index is 11.7. The Morgan fingerprint density at radius 1 is 1.50 bits per heavy atom. The molecule has 1 N–H and O–H groups in total. The Bertz CT molecular complexity index is 653. The van der Waals surface area contributed by atoms with Crippen molar-refractivity contribution in [3.8, 4) is 6.19 Å². The summed E-state index contributed by atoms with van der Waals surface area (Å²) >= 11 is 3.13. The van der Waals surface area contributed by atoms with Crippen LogP contribution in [-0.4, -0.2) is 15.0 Å². The highest BCUT2D eigenvalue weighted by atomic mass is 79.9. The molecule has 18 heavy (non-hydrogen) atoms. The fourth-order valence-corrected chi connectivity index (χ4v) is 3.61. The number of fused-ring (bicyclic) bond motifs is 1. The van der Waals surface area contributed by atoms with E-state index in [0.717, 1.165) is 5.56 Å². The van der Waals surface area contributed by atoms with Gasteiger partial charge in [-0.2, -0.15) is 18.5 Å². The maximum absolute atomic E-state index is 11.7. The standard InChI is InChI=1S/C9H7BrN4O3S/c10-7-3-6-1-2-14(5-11)8(6)4-9(7)18(16,17)13-12-15/h3-4H,1-2H2,(H,13,15). The number of nitrogens with one attached hydrogen (secondary N) is 1. The molecule has 1 aromatic rings. The van der Waals surface area contributed by atoms with E-state index >= 15 is 0 Å². The Hall–Kier alpha value is -1.66. The summed E-state index contributed by atoms with van der Waals surface area (Å²) in [5, 5.41) is 11.1. The van der Waals surface area contributed by atoms with Crippen LogP contribution >= 0.6 is 15.9 Å². The predicted octanol–water partition coefficient (Wildman–Crippen LogP) is 1.25. The molecule has 1 heterocycles. The first-order valence-corrected chi connectivity index (χ1v) is 7.11. The number of hydrogen-bond acceptors (Lipinski definition) is 6. The Morgan fingerprint density at radius 2 is 2.22 bits per heavy atom. The molecular weight excluding hydrogens is 324 g/mol. The van der Waals surface area contributed by atoms with E-state index in [9.17, 15) is 13.3 Å². The molecule has 0 amide bonds. The number of hydrogen-bond donors (Lipinski definition) is 1. The van der Waals surface area contributed by atoms with Gasteiger partial charge in [-0.3, -0.25) is 4.90 Å². The lowest BCUT2D eigenvalue weighted by atomic mass is 10.2. The molecule has 94 valence electrons. The summed E-state index contributed by atoms with van der Waals surface area (Å²) in [7, 11) is -4.01. The summed E-state index contributed by atoms with van der Waals surface area (Å²) in [6.07, 6.45) is 2.64. The van der Waals surface area contributed by atoms with Gasteiger partial charge in [-0.15, -0.1) is 4.91 Å². The summed E-state index contributed by atoms with van der Waals surface area (Å²) in [5.74, 6) is 0. The monoisotopic (exact) mass is 330 g/mol. The average Bonchev–Trinajstić information content (AvgIpc) is 2.69. The van der Waals surface area contributed by atoms with Gasteiger partial charge in [0.1, 0.15) is 4.90 Å². The van der Waals surface area contributed by atoms with E-state index in [0.29, 0.717) is 23.1 Å². The molecule has 0 radical (unpaired) electrons. The molecule has 0 aromatic heterocycles. The van der Waals surface area contributed by atoms with E-state index in [2.05, 4.69) is 21.2 Å². The van der Waals surface area contributed by atoms with Crippen LogP contribution in [0.3, 0.4) is 0 Å². The fraction of sp³-hybridized carbons (Fsp3) is 0.222. The highest BCUT2D eigenvalue weighted by molar-refractivity contribution is 9.10. The van der Waals surface area contributed by atoms with E-state index in [1.54, 1.807) is 6.07 Å². The van der Waals surface area contributed by atoms with Crippen LogP contribution in [0.1, 0.15) is 5.56 Å². The van der Waals surface area contributed by atoms with Crippen molar-refractivity contribution in [1.82, 2.24) is 4.83 Å². The lowest BCUT2D eigenvalue weighted by Gasteiger charge is -2.11. The minimum absolute atomic E-state index is 0.122. The van der Waals surface area contributed by atoms with Crippen molar-refractivity contribution >= 4 is 31.6 Å². The van der Waals surface area contributed by atoms with Gasteiger partial charge >= 0.3 is 0 Å². The first kappa shape index (κ1) is 12.8. The van der Waals surface area contributed by atoms with Gasteiger partial charge in [-0.1, -0.05) is 0 Å². The highest BCUT2D eigenvalue weighted by Gasteiger charge is 2.25. The average molecular weight is 331 g/mol. The maximum Gasteiger partial charge on any atom is 0.280 e. The van der Waals surface area contributed by atoms with Crippen LogP contribution < -0.4 is 9.73 Å². The third-order valence-corrected chi connectivity index (χ3v) is 4.75. The van der Waals surface area contributed by atoms with Crippen LogP contribution in [0.25, 0.3) is 0 Å². The topological polar surface area (TPSA) is 103 Å². The second-order valence-electron chi connectivity index (χ2n) is 3.60. The van der Waals surface area contributed by atoms with Gasteiger partial charge in [-0.05, 0) is 40.0 Å². The van der Waals surface area contributed by atoms with Gasteiger partial charge in [0.05, 0.1) is 11.0 Å². The van der Waals surface area contributed by atoms with Crippen molar-refractivity contribution in [1.29, 1.82) is 5.26 Å². The SMILES string of the molecule is N#CN1CCc2cc(Br)c(S(=O)(=O)NN=O)cc21. The number of sulfonamides is 1. The largest absolute Gasteiger partial charge is 0.280 e. The van der Waals surface area contributed by atoms with Gasteiger partial charge in [0.2, 0.25) is 0 Å². The molecular formula is C9H7BrN4O3S. The van der Waals surface area contributed by atoms with Gasteiger partial charge < -0.3 is 0 Å². The smallest absolute Gasteiger partial charge is 0.279 e. The normalized spacial score (nSPS) is 13.9. The lowest BCUT2D eigenvalue weighted by molar-refractivity contribution is 0.583. The summed E-state index contributed by atoms with van der Waals surface area (Å²) in [6.45, 7) is 0.515. The molecule has 2 rings (SSSR count). The molecule has 9 heteroatoms. The Labute approximate surface area is 112 Å². The van der Waals surface area contributed by atoms with Crippen molar-refractivity contribution < 1.29 is 8.42 Å². The van der Waals surface area contributed by atoms with Crippen molar-refractivity contribution in [2.45, 2.75) is 11.3 Å². The first-order chi connectivity index (χ1) is 8.49. The number of nitroso groups, excluding NO2 is 1. The van der Waals surface area contributed by atoms with E-state index in [1.165, 1.54) is 15.8 Å². The number of nitrogens with zero attached hydrogens (tertiary/aromatic N) is 3. The van der Waals surface area contributed by atoms with Gasteiger partial charge in [0.15, 0.2) is 6.19 Å². The molecule has 0 atom stereocenters. The van der Waals surface area contributed by atoms with Crippen LogP contribution in [0.15, 0.2) is 26.8 Å². The Kier molecular flexibility index (Phi) is 3.23. The number of anilines is 1. The third-order valence-electron chi connectivity index (χ3n) is 2.60. The van der Waals surface area contributed by atoms with Crippen LogP contribution in [0.2, 0.25) is 0 Å². The summed E-state index contributed by atoms with van der Waals surface area (Å²) in [4.78, 5) is 12.8. The molecule has 1 aromatic carbocycles. The van der Waals surface area contributed by atoms with Crippen molar-refractivity contribution in [2.75, 3.05) is 11.4 Å². The zero-order chi connectivity index (χ0) is 13.3. The van der Waals surface area contributed by atoms with Crippen LogP contribution in [0.4, 0.5) is 5.69 Å². The molecule has 0 saturated carbocycles. The zero-order valence-electron chi connectivity index (χ0n) is 8.92.